The number of H-pyrrole nitrogens is 1. The lowest BCUT2D eigenvalue weighted by atomic mass is 10.1. The first kappa shape index (κ1) is 19.6. The molecule has 3 heterocycles. The van der Waals surface area contributed by atoms with Crippen LogP contribution in [0.3, 0.4) is 0 Å². The predicted octanol–water partition coefficient (Wildman–Crippen LogP) is 1.67. The molecule has 0 spiro atoms. The van der Waals surface area contributed by atoms with Gasteiger partial charge in [-0.25, -0.2) is 9.78 Å². The number of thiophene rings is 1. The van der Waals surface area contributed by atoms with Gasteiger partial charge in [0.25, 0.3) is 11.5 Å². The predicted molar refractivity (Wildman–Crippen MR) is 115 cm³/mol. The molecule has 4 rings (SSSR count). The summed E-state index contributed by atoms with van der Waals surface area (Å²) in [4.78, 5) is 44.2. The Morgan fingerprint density at radius 2 is 2.13 bits per heavy atom. The number of benzene rings is 1. The molecule has 0 radical (unpaired) electrons. The number of hydrogen-bond donors (Lipinski definition) is 2. The number of fused-ring (bicyclic) bond motifs is 2. The number of aromatic nitrogens is 4. The Labute approximate surface area is 174 Å². The lowest BCUT2D eigenvalue weighted by molar-refractivity contribution is 0.0949. The number of aryl methyl sites for hydroxylation is 1. The van der Waals surface area contributed by atoms with Gasteiger partial charge in [0.1, 0.15) is 23.7 Å². The van der Waals surface area contributed by atoms with E-state index >= 15 is 0 Å². The summed E-state index contributed by atoms with van der Waals surface area (Å²) in [6.45, 7) is 4.05. The van der Waals surface area contributed by atoms with Crippen molar-refractivity contribution in [1.29, 1.82) is 0 Å². The Balaban J connectivity index is 1.60. The highest BCUT2D eigenvalue weighted by atomic mass is 32.1. The summed E-state index contributed by atoms with van der Waals surface area (Å²) >= 11 is 1.52. The molecule has 0 bridgehead atoms. The lowest BCUT2D eigenvalue weighted by Gasteiger charge is -2.09. The first-order valence-corrected chi connectivity index (χ1v) is 9.96. The van der Waals surface area contributed by atoms with E-state index in [2.05, 4.69) is 21.9 Å². The fourth-order valence-corrected chi connectivity index (χ4v) is 4.00. The van der Waals surface area contributed by atoms with Gasteiger partial charge >= 0.3 is 5.69 Å². The van der Waals surface area contributed by atoms with Crippen molar-refractivity contribution in [1.82, 2.24) is 24.4 Å². The second-order valence-corrected chi connectivity index (χ2v) is 7.62. The number of aromatic amines is 1. The average molecular weight is 425 g/mol. The molecule has 1 amide bonds. The standard InChI is InChI=1S/C20H19N5O4S/c1-4-6-29-13-8-11(9-14-12(13)5-7-30-14)18(26)21-10-15-22-16-17(23-15)24(2)20(28)25(3)19(16)27/h4-5,7-9H,1,6,10H2,2-3H3,(H,21,26)(H,22,23). The molecule has 30 heavy (non-hydrogen) atoms. The quantitative estimate of drug-likeness (QED) is 0.457. The molecule has 0 aliphatic rings. The van der Waals surface area contributed by atoms with Crippen molar-refractivity contribution in [3.8, 4) is 5.75 Å². The molecule has 9 nitrogen and oxygen atoms in total. The molecular weight excluding hydrogens is 406 g/mol. The van der Waals surface area contributed by atoms with E-state index in [1.54, 1.807) is 18.2 Å². The number of imidazole rings is 1. The van der Waals surface area contributed by atoms with Gasteiger partial charge in [-0.05, 0) is 23.6 Å². The van der Waals surface area contributed by atoms with Crippen LogP contribution in [0.2, 0.25) is 0 Å². The first-order chi connectivity index (χ1) is 14.4. The topological polar surface area (TPSA) is 111 Å². The zero-order valence-corrected chi connectivity index (χ0v) is 17.2. The molecule has 154 valence electrons. The number of amides is 1. The smallest absolute Gasteiger partial charge is 0.332 e. The van der Waals surface area contributed by atoms with E-state index in [9.17, 15) is 14.4 Å². The summed E-state index contributed by atoms with van der Waals surface area (Å²) < 4.78 is 8.91. The minimum atomic E-state index is -0.467. The zero-order chi connectivity index (χ0) is 21.4. The van der Waals surface area contributed by atoms with E-state index in [1.165, 1.54) is 30.0 Å². The molecule has 0 aliphatic carbocycles. The van der Waals surface area contributed by atoms with Crippen LogP contribution in [0.15, 0.2) is 45.8 Å². The van der Waals surface area contributed by atoms with Crippen LogP contribution in [-0.4, -0.2) is 31.6 Å². The number of rotatable bonds is 6. The van der Waals surface area contributed by atoms with Gasteiger partial charge < -0.3 is 15.0 Å². The van der Waals surface area contributed by atoms with Gasteiger partial charge in [-0.15, -0.1) is 11.3 Å². The van der Waals surface area contributed by atoms with Crippen LogP contribution in [0.1, 0.15) is 16.2 Å². The molecular formula is C20H19N5O4S. The van der Waals surface area contributed by atoms with Gasteiger partial charge in [0.15, 0.2) is 5.65 Å². The number of carbonyl (C=O) groups excluding carboxylic acids is 1. The van der Waals surface area contributed by atoms with E-state index in [0.717, 1.165) is 14.7 Å². The van der Waals surface area contributed by atoms with E-state index in [1.807, 2.05) is 11.4 Å². The van der Waals surface area contributed by atoms with Gasteiger partial charge in [0.05, 0.1) is 6.54 Å². The number of hydrogen-bond acceptors (Lipinski definition) is 6. The van der Waals surface area contributed by atoms with Crippen molar-refractivity contribution >= 4 is 38.5 Å². The van der Waals surface area contributed by atoms with Crippen LogP contribution in [0.5, 0.6) is 5.75 Å². The van der Waals surface area contributed by atoms with Crippen molar-refractivity contribution in [2.24, 2.45) is 14.1 Å². The molecule has 2 N–H and O–H groups in total. The van der Waals surface area contributed by atoms with Crippen molar-refractivity contribution in [3.63, 3.8) is 0 Å². The number of nitrogens with zero attached hydrogens (tertiary/aromatic N) is 3. The second-order valence-electron chi connectivity index (χ2n) is 6.68. The van der Waals surface area contributed by atoms with Gasteiger partial charge in [-0.2, -0.15) is 0 Å². The second kappa shape index (κ2) is 7.64. The van der Waals surface area contributed by atoms with Crippen molar-refractivity contribution in [2.75, 3.05) is 6.61 Å². The van der Waals surface area contributed by atoms with Crippen molar-refractivity contribution < 1.29 is 9.53 Å². The largest absolute Gasteiger partial charge is 0.489 e. The third kappa shape index (κ3) is 3.30. The highest BCUT2D eigenvalue weighted by Crippen LogP contribution is 2.31. The number of ether oxygens (including phenoxy) is 1. The summed E-state index contributed by atoms with van der Waals surface area (Å²) in [5.41, 5.74) is -0.0314. The maximum absolute atomic E-state index is 12.7. The molecule has 0 atom stereocenters. The molecule has 4 aromatic rings. The van der Waals surface area contributed by atoms with Crippen LogP contribution in [-0.2, 0) is 20.6 Å². The summed E-state index contributed by atoms with van der Waals surface area (Å²) in [5.74, 6) is 0.675. The summed E-state index contributed by atoms with van der Waals surface area (Å²) in [6.07, 6.45) is 1.64. The molecule has 0 unspecified atom stereocenters. The molecule has 10 heteroatoms. The number of nitrogens with one attached hydrogen (secondary N) is 2. The Bertz CT molecular complexity index is 1410. The van der Waals surface area contributed by atoms with Gasteiger partial charge in [-0.1, -0.05) is 12.7 Å². The Morgan fingerprint density at radius 1 is 1.33 bits per heavy atom. The third-order valence-electron chi connectivity index (χ3n) is 4.71. The maximum atomic E-state index is 12.7. The van der Waals surface area contributed by atoms with E-state index in [-0.39, 0.29) is 23.6 Å². The minimum absolute atomic E-state index is 0.0657. The van der Waals surface area contributed by atoms with Crippen molar-refractivity contribution in [2.45, 2.75) is 6.54 Å². The van der Waals surface area contributed by atoms with Crippen LogP contribution < -0.4 is 21.3 Å². The van der Waals surface area contributed by atoms with Crippen LogP contribution in [0, 0.1) is 0 Å². The Morgan fingerprint density at radius 3 is 2.90 bits per heavy atom. The molecule has 0 aliphatic heterocycles. The lowest BCUT2D eigenvalue weighted by Crippen LogP contribution is -2.36. The summed E-state index contributed by atoms with van der Waals surface area (Å²) in [6, 6.07) is 5.43. The molecule has 3 aromatic heterocycles. The van der Waals surface area contributed by atoms with E-state index in [0.29, 0.717) is 23.7 Å². The molecule has 1 aromatic carbocycles. The van der Waals surface area contributed by atoms with Gasteiger partial charge in [0.2, 0.25) is 0 Å². The summed E-state index contributed by atoms with van der Waals surface area (Å²) in [5, 5.41) is 5.66. The molecule has 0 fully saturated rings. The van der Waals surface area contributed by atoms with Crippen LogP contribution >= 0.6 is 11.3 Å². The fraction of sp³-hybridized carbons (Fsp3) is 0.200. The SMILES string of the molecule is C=CCOc1cc(C(=O)NCc2nc3c([nH]2)c(=O)n(C)c(=O)n3C)cc2sccc12. The van der Waals surface area contributed by atoms with Gasteiger partial charge in [0, 0.05) is 29.7 Å². The van der Waals surface area contributed by atoms with Crippen molar-refractivity contribution in [3.05, 3.63) is 68.5 Å². The maximum Gasteiger partial charge on any atom is 0.332 e. The molecule has 0 saturated heterocycles. The minimum Gasteiger partial charge on any atom is -0.489 e. The Hall–Kier alpha value is -3.66. The highest BCUT2D eigenvalue weighted by Gasteiger charge is 2.15. The molecule has 0 saturated carbocycles. The number of carbonyl (C=O) groups is 1. The van der Waals surface area contributed by atoms with Crippen LogP contribution in [0.25, 0.3) is 21.3 Å². The normalized spacial score (nSPS) is 11.1. The van der Waals surface area contributed by atoms with E-state index in [4.69, 9.17) is 4.74 Å². The zero-order valence-electron chi connectivity index (χ0n) is 16.4. The first-order valence-electron chi connectivity index (χ1n) is 9.08. The highest BCUT2D eigenvalue weighted by molar-refractivity contribution is 7.17. The fourth-order valence-electron chi connectivity index (χ4n) is 3.16. The third-order valence-corrected chi connectivity index (χ3v) is 5.58. The Kier molecular flexibility index (Phi) is 5.00. The average Bonchev–Trinajstić information content (AvgIpc) is 3.40. The summed E-state index contributed by atoms with van der Waals surface area (Å²) in [7, 11) is 2.94. The van der Waals surface area contributed by atoms with Gasteiger partial charge in [-0.3, -0.25) is 18.7 Å². The van der Waals surface area contributed by atoms with Crippen LogP contribution in [0.4, 0.5) is 0 Å². The monoisotopic (exact) mass is 425 g/mol. The van der Waals surface area contributed by atoms with E-state index < -0.39 is 11.2 Å².